The lowest BCUT2D eigenvalue weighted by atomic mass is 9.94. The molecule has 1 saturated heterocycles. The van der Waals surface area contributed by atoms with E-state index < -0.39 is 17.7 Å². The molecule has 2 heterocycles. The number of carbonyl (C=O) groups excluding carboxylic acids is 2. The lowest BCUT2D eigenvalue weighted by molar-refractivity contribution is -0.140. The zero-order valence-electron chi connectivity index (χ0n) is 18.4. The molecule has 1 fully saturated rings. The molecule has 0 aliphatic carbocycles. The van der Waals surface area contributed by atoms with Gasteiger partial charge in [-0.1, -0.05) is 36.4 Å². The summed E-state index contributed by atoms with van der Waals surface area (Å²) in [5.74, 6) is -0.652. The molecule has 1 aromatic heterocycles. The summed E-state index contributed by atoms with van der Waals surface area (Å²) in [5.41, 5.74) is 1.76. The first-order chi connectivity index (χ1) is 16.0. The first-order valence-corrected chi connectivity index (χ1v) is 10.6. The van der Waals surface area contributed by atoms with E-state index >= 15 is 0 Å². The fourth-order valence-electron chi connectivity index (χ4n) is 4.00. The van der Waals surface area contributed by atoms with E-state index in [4.69, 9.17) is 9.47 Å². The molecule has 1 amide bonds. The number of ether oxygens (including phenoxy) is 2. The summed E-state index contributed by atoms with van der Waals surface area (Å²) < 4.78 is 11.1. The number of hydrogen-bond donors (Lipinski definition) is 1. The zero-order valence-corrected chi connectivity index (χ0v) is 18.4. The van der Waals surface area contributed by atoms with E-state index in [1.807, 2.05) is 13.0 Å². The van der Waals surface area contributed by atoms with Crippen LogP contribution in [0.1, 0.15) is 29.7 Å². The van der Waals surface area contributed by atoms with Gasteiger partial charge < -0.3 is 19.5 Å². The van der Waals surface area contributed by atoms with Crippen LogP contribution < -0.4 is 9.47 Å². The van der Waals surface area contributed by atoms with E-state index in [0.717, 1.165) is 5.56 Å². The van der Waals surface area contributed by atoms with Gasteiger partial charge in [0.15, 0.2) is 0 Å². The number of aromatic nitrogens is 1. The number of aliphatic hydroxyl groups excluding tert-OH is 1. The maximum Gasteiger partial charge on any atom is 0.295 e. The van der Waals surface area contributed by atoms with Gasteiger partial charge in [-0.25, -0.2) is 0 Å². The minimum atomic E-state index is -0.836. The summed E-state index contributed by atoms with van der Waals surface area (Å²) in [6.07, 6.45) is 3.28. The van der Waals surface area contributed by atoms with E-state index in [1.54, 1.807) is 67.0 Å². The molecule has 168 valence electrons. The highest BCUT2D eigenvalue weighted by Crippen LogP contribution is 2.43. The molecule has 0 saturated carbocycles. The molecule has 2 aromatic carbocycles. The molecule has 33 heavy (non-hydrogen) atoms. The van der Waals surface area contributed by atoms with Gasteiger partial charge in [-0.15, -0.1) is 0 Å². The van der Waals surface area contributed by atoms with Crippen LogP contribution in [0.3, 0.4) is 0 Å². The molecule has 1 aliphatic heterocycles. The minimum absolute atomic E-state index is 0.00189. The van der Waals surface area contributed by atoms with Gasteiger partial charge in [-0.2, -0.15) is 0 Å². The number of Topliss-reactive ketones (excluding diaryl/α,β-unsaturated/α-hetero) is 1. The van der Waals surface area contributed by atoms with Crippen molar-refractivity contribution >= 4 is 17.4 Å². The number of nitrogens with zero attached hydrogens (tertiary/aromatic N) is 2. The Kier molecular flexibility index (Phi) is 6.40. The van der Waals surface area contributed by atoms with Crippen molar-refractivity contribution in [3.05, 3.63) is 95.3 Å². The van der Waals surface area contributed by atoms with Crippen LogP contribution in [0.25, 0.3) is 5.76 Å². The molecule has 3 aromatic rings. The number of aliphatic hydroxyl groups is 1. The van der Waals surface area contributed by atoms with E-state index in [-0.39, 0.29) is 17.9 Å². The monoisotopic (exact) mass is 444 g/mol. The van der Waals surface area contributed by atoms with Gasteiger partial charge >= 0.3 is 0 Å². The number of ketones is 1. The quantitative estimate of drug-likeness (QED) is 0.335. The predicted molar refractivity (Wildman–Crippen MR) is 123 cm³/mol. The van der Waals surface area contributed by atoms with Crippen LogP contribution in [-0.4, -0.2) is 40.4 Å². The highest BCUT2D eigenvalue weighted by molar-refractivity contribution is 6.46. The lowest BCUT2D eigenvalue weighted by Crippen LogP contribution is -2.29. The van der Waals surface area contributed by atoms with Crippen LogP contribution in [0, 0.1) is 0 Å². The Bertz CT molecular complexity index is 1210. The Morgan fingerprint density at radius 2 is 1.91 bits per heavy atom. The molecule has 1 unspecified atom stereocenters. The topological polar surface area (TPSA) is 89.0 Å². The number of amides is 1. The maximum absolute atomic E-state index is 13.2. The Balaban J connectivity index is 1.89. The summed E-state index contributed by atoms with van der Waals surface area (Å²) in [7, 11) is 1.53. The molecule has 4 rings (SSSR count). The van der Waals surface area contributed by atoms with Crippen molar-refractivity contribution in [3.63, 3.8) is 0 Å². The van der Waals surface area contributed by atoms with Gasteiger partial charge in [0, 0.05) is 30.1 Å². The lowest BCUT2D eigenvalue weighted by Gasteiger charge is -2.26. The average molecular weight is 444 g/mol. The SMILES string of the molecule is CCOc1cccc(/C(O)=C2\C(=O)C(=O)N(Cc3cccnc3)C2c2ccccc2OC)c1. The second kappa shape index (κ2) is 9.56. The first kappa shape index (κ1) is 22.1. The molecule has 1 N–H and O–H groups in total. The fraction of sp³-hybridized carbons (Fsp3) is 0.192. The molecule has 0 bridgehead atoms. The number of methoxy groups -OCH3 is 1. The van der Waals surface area contributed by atoms with Gasteiger partial charge in [-0.05, 0) is 36.8 Å². The van der Waals surface area contributed by atoms with E-state index in [2.05, 4.69) is 4.98 Å². The molecular formula is C26H24N2O5. The van der Waals surface area contributed by atoms with Crippen LogP contribution in [-0.2, 0) is 16.1 Å². The fourth-order valence-corrected chi connectivity index (χ4v) is 4.00. The van der Waals surface area contributed by atoms with Gasteiger partial charge in [0.25, 0.3) is 11.7 Å². The number of benzene rings is 2. The van der Waals surface area contributed by atoms with Crippen LogP contribution in [0.15, 0.2) is 78.6 Å². The molecule has 1 atom stereocenters. The third-order valence-corrected chi connectivity index (χ3v) is 5.47. The van der Waals surface area contributed by atoms with E-state index in [0.29, 0.717) is 29.2 Å². The highest BCUT2D eigenvalue weighted by atomic mass is 16.5. The Labute approximate surface area is 191 Å². The smallest absolute Gasteiger partial charge is 0.295 e. The van der Waals surface area contributed by atoms with Crippen molar-refractivity contribution < 1.29 is 24.2 Å². The van der Waals surface area contributed by atoms with Crippen LogP contribution in [0.2, 0.25) is 0 Å². The summed E-state index contributed by atoms with van der Waals surface area (Å²) in [5, 5.41) is 11.3. The van der Waals surface area contributed by atoms with E-state index in [9.17, 15) is 14.7 Å². The Morgan fingerprint density at radius 3 is 2.64 bits per heavy atom. The van der Waals surface area contributed by atoms with Gasteiger partial charge in [0.2, 0.25) is 0 Å². The molecule has 7 heteroatoms. The molecule has 1 aliphatic rings. The summed E-state index contributed by atoms with van der Waals surface area (Å²) in [4.78, 5) is 31.9. The largest absolute Gasteiger partial charge is 0.507 e. The molecular weight excluding hydrogens is 420 g/mol. The predicted octanol–water partition coefficient (Wildman–Crippen LogP) is 4.11. The molecule has 7 nitrogen and oxygen atoms in total. The van der Waals surface area contributed by atoms with Gasteiger partial charge in [-0.3, -0.25) is 14.6 Å². The van der Waals surface area contributed by atoms with Gasteiger partial charge in [0.1, 0.15) is 17.3 Å². The maximum atomic E-state index is 13.2. The third-order valence-electron chi connectivity index (χ3n) is 5.47. The van der Waals surface area contributed by atoms with E-state index in [1.165, 1.54) is 12.0 Å². The zero-order chi connectivity index (χ0) is 23.4. The number of hydrogen-bond acceptors (Lipinski definition) is 6. The number of para-hydroxylation sites is 1. The van der Waals surface area contributed by atoms with Crippen molar-refractivity contribution in [1.29, 1.82) is 0 Å². The average Bonchev–Trinajstić information content (AvgIpc) is 3.09. The van der Waals surface area contributed by atoms with Crippen molar-refractivity contribution in [2.75, 3.05) is 13.7 Å². The number of pyridine rings is 1. The second-order valence-electron chi connectivity index (χ2n) is 7.49. The number of rotatable bonds is 7. The van der Waals surface area contributed by atoms with Crippen molar-refractivity contribution in [1.82, 2.24) is 9.88 Å². The Hall–Kier alpha value is -4.13. The van der Waals surface area contributed by atoms with Crippen LogP contribution in [0.5, 0.6) is 11.5 Å². The summed E-state index contributed by atoms with van der Waals surface area (Å²) >= 11 is 0. The standard InChI is InChI=1S/C26H24N2O5/c1-3-33-19-10-6-9-18(14-19)24(29)22-23(20-11-4-5-12-21(20)32-2)28(26(31)25(22)30)16-17-8-7-13-27-15-17/h4-15,23,29H,3,16H2,1-2H3/b24-22+. The third kappa shape index (κ3) is 4.30. The van der Waals surface area contributed by atoms with Crippen molar-refractivity contribution in [2.24, 2.45) is 0 Å². The number of likely N-dealkylation sites (tertiary alicyclic amines) is 1. The summed E-state index contributed by atoms with van der Waals surface area (Å²) in [6.45, 7) is 2.47. The molecule has 0 radical (unpaired) electrons. The molecule has 0 spiro atoms. The minimum Gasteiger partial charge on any atom is -0.507 e. The van der Waals surface area contributed by atoms with Crippen LogP contribution in [0.4, 0.5) is 0 Å². The number of carbonyl (C=O) groups is 2. The van der Waals surface area contributed by atoms with Gasteiger partial charge in [0.05, 0.1) is 25.3 Å². The van der Waals surface area contributed by atoms with Crippen molar-refractivity contribution in [3.8, 4) is 11.5 Å². The summed E-state index contributed by atoms with van der Waals surface area (Å²) in [6, 6.07) is 16.7. The first-order valence-electron chi connectivity index (χ1n) is 10.6. The normalized spacial score (nSPS) is 17.3. The van der Waals surface area contributed by atoms with Crippen molar-refractivity contribution in [2.45, 2.75) is 19.5 Å². The highest BCUT2D eigenvalue weighted by Gasteiger charge is 2.47. The second-order valence-corrected chi connectivity index (χ2v) is 7.49. The van der Waals surface area contributed by atoms with Crippen LogP contribution >= 0.6 is 0 Å². The Morgan fingerprint density at radius 1 is 1.09 bits per heavy atom.